The van der Waals surface area contributed by atoms with Crippen molar-refractivity contribution in [3.8, 4) is 0 Å². The van der Waals surface area contributed by atoms with E-state index in [0.29, 0.717) is 23.7 Å². The SMILES string of the molecule is CC(C)[C@@H](C)c1ccccn1.CC(C)[C@H](C)c1ccccn1. The van der Waals surface area contributed by atoms with Gasteiger partial charge in [-0.2, -0.15) is 0 Å². The van der Waals surface area contributed by atoms with Gasteiger partial charge in [0.1, 0.15) is 0 Å². The van der Waals surface area contributed by atoms with Crippen molar-refractivity contribution in [2.75, 3.05) is 0 Å². The van der Waals surface area contributed by atoms with Gasteiger partial charge in [-0.3, -0.25) is 9.97 Å². The Hall–Kier alpha value is -1.70. The predicted octanol–water partition coefficient (Wildman–Crippen LogP) is 5.68. The molecular formula is C20H30N2. The molecule has 0 aliphatic carbocycles. The highest BCUT2D eigenvalue weighted by molar-refractivity contribution is 5.09. The molecule has 2 heteroatoms. The second-order valence-electron chi connectivity index (χ2n) is 6.57. The van der Waals surface area contributed by atoms with Crippen LogP contribution in [0.4, 0.5) is 0 Å². The minimum atomic E-state index is 0.566. The van der Waals surface area contributed by atoms with Crippen molar-refractivity contribution < 1.29 is 0 Å². The van der Waals surface area contributed by atoms with Gasteiger partial charge in [0.2, 0.25) is 0 Å². The second-order valence-corrected chi connectivity index (χ2v) is 6.57. The summed E-state index contributed by atoms with van der Waals surface area (Å²) in [7, 11) is 0. The van der Waals surface area contributed by atoms with E-state index < -0.39 is 0 Å². The molecule has 0 saturated carbocycles. The highest BCUT2D eigenvalue weighted by Crippen LogP contribution is 2.21. The Labute approximate surface area is 136 Å². The van der Waals surface area contributed by atoms with Crippen LogP contribution >= 0.6 is 0 Å². The maximum atomic E-state index is 4.30. The van der Waals surface area contributed by atoms with Crippen LogP contribution in [0.2, 0.25) is 0 Å². The highest BCUT2D eigenvalue weighted by Gasteiger charge is 2.10. The van der Waals surface area contributed by atoms with Crippen molar-refractivity contribution in [1.29, 1.82) is 0 Å². The van der Waals surface area contributed by atoms with Crippen LogP contribution in [0.25, 0.3) is 0 Å². The maximum absolute atomic E-state index is 4.30. The van der Waals surface area contributed by atoms with Crippen molar-refractivity contribution in [1.82, 2.24) is 9.97 Å². The fourth-order valence-electron chi connectivity index (χ4n) is 1.97. The molecule has 0 amide bonds. The van der Waals surface area contributed by atoms with Crippen molar-refractivity contribution >= 4 is 0 Å². The Bertz CT molecular complexity index is 456. The first kappa shape index (κ1) is 18.3. The molecule has 2 atom stereocenters. The van der Waals surface area contributed by atoms with Crippen LogP contribution in [-0.4, -0.2) is 9.97 Å². The normalized spacial score (nSPS) is 13.5. The fourth-order valence-corrected chi connectivity index (χ4v) is 1.97. The first-order valence-corrected chi connectivity index (χ1v) is 8.25. The molecule has 2 aromatic rings. The first-order valence-electron chi connectivity index (χ1n) is 8.25. The third-order valence-electron chi connectivity index (χ3n) is 4.31. The summed E-state index contributed by atoms with van der Waals surface area (Å²) in [6.45, 7) is 13.3. The molecule has 0 bridgehead atoms. The molecule has 0 radical (unpaired) electrons. The average molecular weight is 298 g/mol. The molecule has 2 heterocycles. The lowest BCUT2D eigenvalue weighted by atomic mass is 9.94. The van der Waals surface area contributed by atoms with Gasteiger partial charge in [0, 0.05) is 35.6 Å². The molecule has 0 unspecified atom stereocenters. The number of hydrogen-bond donors (Lipinski definition) is 0. The largest absolute Gasteiger partial charge is 0.261 e. The van der Waals surface area contributed by atoms with Gasteiger partial charge in [0.05, 0.1) is 0 Å². The summed E-state index contributed by atoms with van der Waals surface area (Å²) in [5.74, 6) is 2.47. The van der Waals surface area contributed by atoms with Gasteiger partial charge >= 0.3 is 0 Å². The Morgan fingerprint density at radius 1 is 0.591 bits per heavy atom. The van der Waals surface area contributed by atoms with E-state index in [1.807, 2.05) is 36.7 Å². The van der Waals surface area contributed by atoms with Crippen LogP contribution in [0, 0.1) is 11.8 Å². The monoisotopic (exact) mass is 298 g/mol. The maximum Gasteiger partial charge on any atom is 0.0434 e. The molecule has 0 spiro atoms. The van der Waals surface area contributed by atoms with Crippen molar-refractivity contribution in [2.24, 2.45) is 11.8 Å². The zero-order valence-corrected chi connectivity index (χ0v) is 14.8. The smallest absolute Gasteiger partial charge is 0.0434 e. The fraction of sp³-hybridized carbons (Fsp3) is 0.500. The Balaban J connectivity index is 0.000000220. The summed E-state index contributed by atoms with van der Waals surface area (Å²) < 4.78 is 0. The Kier molecular flexibility index (Phi) is 7.79. The van der Waals surface area contributed by atoms with Gasteiger partial charge in [-0.05, 0) is 36.1 Å². The standard InChI is InChI=1S/2C10H15N/c2*1-8(2)9(3)10-6-4-5-7-11-10/h2*4-9H,1-3H3/t2*9-/m10/s1. The number of aromatic nitrogens is 2. The van der Waals surface area contributed by atoms with E-state index in [2.05, 4.69) is 63.6 Å². The van der Waals surface area contributed by atoms with Gasteiger partial charge < -0.3 is 0 Å². The Morgan fingerprint density at radius 2 is 0.955 bits per heavy atom. The molecule has 0 saturated heterocycles. The molecule has 120 valence electrons. The summed E-state index contributed by atoms with van der Waals surface area (Å²) in [5.41, 5.74) is 2.39. The average Bonchev–Trinajstić information content (AvgIpc) is 2.55. The molecule has 0 N–H and O–H groups in total. The third-order valence-corrected chi connectivity index (χ3v) is 4.31. The zero-order chi connectivity index (χ0) is 16.5. The van der Waals surface area contributed by atoms with E-state index in [9.17, 15) is 0 Å². The van der Waals surface area contributed by atoms with Crippen molar-refractivity contribution in [3.05, 3.63) is 60.2 Å². The van der Waals surface area contributed by atoms with Gasteiger partial charge in [-0.15, -0.1) is 0 Å². The summed E-state index contributed by atoms with van der Waals surface area (Å²) >= 11 is 0. The molecule has 0 aromatic carbocycles. The number of rotatable bonds is 4. The van der Waals surface area contributed by atoms with Crippen molar-refractivity contribution in [3.63, 3.8) is 0 Å². The summed E-state index contributed by atoms with van der Waals surface area (Å²) in [6.07, 6.45) is 3.71. The molecule has 2 nitrogen and oxygen atoms in total. The molecular weight excluding hydrogens is 268 g/mol. The second kappa shape index (κ2) is 9.34. The topological polar surface area (TPSA) is 25.8 Å². The van der Waals surface area contributed by atoms with Crippen LogP contribution in [0.5, 0.6) is 0 Å². The summed E-state index contributed by atoms with van der Waals surface area (Å²) in [6, 6.07) is 12.2. The van der Waals surface area contributed by atoms with E-state index in [-0.39, 0.29) is 0 Å². The van der Waals surface area contributed by atoms with Gasteiger partial charge in [0.25, 0.3) is 0 Å². The molecule has 0 fully saturated rings. The predicted molar refractivity (Wildman–Crippen MR) is 95.0 cm³/mol. The third kappa shape index (κ3) is 5.97. The number of nitrogens with zero attached hydrogens (tertiary/aromatic N) is 2. The van der Waals surface area contributed by atoms with E-state index in [4.69, 9.17) is 0 Å². The quantitative estimate of drug-likeness (QED) is 0.725. The van der Waals surface area contributed by atoms with Crippen LogP contribution in [0.1, 0.15) is 64.8 Å². The van der Waals surface area contributed by atoms with Crippen LogP contribution in [0.3, 0.4) is 0 Å². The van der Waals surface area contributed by atoms with E-state index >= 15 is 0 Å². The van der Waals surface area contributed by atoms with Gasteiger partial charge in [-0.25, -0.2) is 0 Å². The molecule has 0 aliphatic rings. The molecule has 2 aromatic heterocycles. The van der Waals surface area contributed by atoms with Gasteiger partial charge in [-0.1, -0.05) is 53.7 Å². The van der Waals surface area contributed by atoms with E-state index in [1.54, 1.807) is 0 Å². The highest BCUT2D eigenvalue weighted by atomic mass is 14.7. The lowest BCUT2D eigenvalue weighted by Gasteiger charge is -2.13. The summed E-state index contributed by atoms with van der Waals surface area (Å²) in [5, 5.41) is 0. The van der Waals surface area contributed by atoms with E-state index in [0.717, 1.165) is 0 Å². The van der Waals surface area contributed by atoms with E-state index in [1.165, 1.54) is 11.4 Å². The van der Waals surface area contributed by atoms with Crippen LogP contribution in [0.15, 0.2) is 48.8 Å². The lowest BCUT2D eigenvalue weighted by molar-refractivity contribution is 0.523. The van der Waals surface area contributed by atoms with Crippen LogP contribution in [-0.2, 0) is 0 Å². The van der Waals surface area contributed by atoms with Gasteiger partial charge in [0.15, 0.2) is 0 Å². The lowest BCUT2D eigenvalue weighted by Crippen LogP contribution is -2.03. The number of hydrogen-bond acceptors (Lipinski definition) is 2. The number of pyridine rings is 2. The zero-order valence-electron chi connectivity index (χ0n) is 14.8. The minimum Gasteiger partial charge on any atom is -0.261 e. The Morgan fingerprint density at radius 3 is 1.18 bits per heavy atom. The molecule has 0 aliphatic heterocycles. The van der Waals surface area contributed by atoms with Crippen molar-refractivity contribution in [2.45, 2.75) is 53.4 Å². The first-order chi connectivity index (χ1) is 10.4. The summed E-state index contributed by atoms with van der Waals surface area (Å²) in [4.78, 5) is 8.60. The van der Waals surface area contributed by atoms with Crippen LogP contribution < -0.4 is 0 Å². The molecule has 2 rings (SSSR count). The minimum absolute atomic E-state index is 0.566. The molecule has 22 heavy (non-hydrogen) atoms.